The zero-order valence-corrected chi connectivity index (χ0v) is 28.6. The number of aromatic nitrogens is 4. The molecule has 4 heterocycles. The second kappa shape index (κ2) is 23.0. The van der Waals surface area contributed by atoms with E-state index in [1.165, 1.54) is 85.4 Å². The fourth-order valence-corrected chi connectivity index (χ4v) is 5.28. The molecular formula is C34H54N6O9. The molecule has 15 heteroatoms. The number of hydrogen-bond donors (Lipinski definition) is 4. The van der Waals surface area contributed by atoms with E-state index in [0.29, 0.717) is 6.42 Å². The summed E-state index contributed by atoms with van der Waals surface area (Å²) in [5.41, 5.74) is 4.31. The van der Waals surface area contributed by atoms with Crippen molar-refractivity contribution in [1.29, 1.82) is 0 Å². The summed E-state index contributed by atoms with van der Waals surface area (Å²) in [7, 11) is 0. The highest BCUT2D eigenvalue weighted by Gasteiger charge is 2.28. The molecule has 274 valence electrons. The van der Waals surface area contributed by atoms with Crippen molar-refractivity contribution in [3.63, 3.8) is 0 Å². The highest BCUT2D eigenvalue weighted by Crippen LogP contribution is 2.20. The quantitative estimate of drug-likeness (QED) is 0.116. The molecule has 15 nitrogen and oxygen atoms in total. The highest BCUT2D eigenvalue weighted by molar-refractivity contribution is 5.89. The maximum absolute atomic E-state index is 12.2. The second-order valence-corrected chi connectivity index (χ2v) is 12.0. The van der Waals surface area contributed by atoms with Gasteiger partial charge in [0, 0.05) is 18.8 Å². The molecule has 0 aliphatic carbocycles. The molecule has 0 spiro atoms. The Morgan fingerprint density at radius 3 is 1.84 bits per heavy atom. The van der Waals surface area contributed by atoms with Crippen molar-refractivity contribution in [2.24, 2.45) is 0 Å². The Labute approximate surface area is 287 Å². The minimum Gasteiger partial charge on any atom is -0.391 e. The maximum Gasteiger partial charge on any atom is 0.351 e. The third kappa shape index (κ3) is 14.9. The van der Waals surface area contributed by atoms with E-state index in [4.69, 9.17) is 34.9 Å². The fourth-order valence-electron chi connectivity index (χ4n) is 5.28. The zero-order valence-electron chi connectivity index (χ0n) is 28.6. The molecule has 5 N–H and O–H groups in total. The van der Waals surface area contributed by atoms with Crippen LogP contribution >= 0.6 is 0 Å². The van der Waals surface area contributed by atoms with Gasteiger partial charge < -0.3 is 40.2 Å². The molecule has 2 aromatic rings. The van der Waals surface area contributed by atoms with Gasteiger partial charge in [0.1, 0.15) is 11.6 Å². The Balaban J connectivity index is 0.000000357. The minimum absolute atomic E-state index is 0.136. The van der Waals surface area contributed by atoms with Crippen molar-refractivity contribution in [3.05, 3.63) is 57.6 Å². The van der Waals surface area contributed by atoms with Crippen LogP contribution in [0.1, 0.15) is 109 Å². The van der Waals surface area contributed by atoms with E-state index in [2.05, 4.69) is 34.4 Å². The number of aliphatic hydroxyl groups is 2. The largest absolute Gasteiger partial charge is 0.391 e. The third-order valence-electron chi connectivity index (χ3n) is 8.00. The topological polar surface area (TPSA) is 202 Å². The molecule has 0 radical (unpaired) electrons. The van der Waals surface area contributed by atoms with Crippen LogP contribution in [0.5, 0.6) is 0 Å². The Morgan fingerprint density at radius 1 is 0.816 bits per heavy atom. The Bertz CT molecular complexity index is 1380. The second-order valence-electron chi connectivity index (χ2n) is 12.0. The SMILES string of the molecule is CCCCCCCC/C=C/CCCCCCCC(=O)Nc1ccn([C@@H]2CO[C@H](CO)O2)c(=O)n1.Nc1ccn([C@@H]2CO[C@H](CO)O2)c(=O)n1. The lowest BCUT2D eigenvalue weighted by Crippen LogP contribution is -2.29. The predicted molar refractivity (Wildman–Crippen MR) is 183 cm³/mol. The molecule has 4 rings (SSSR count). The molecule has 0 bridgehead atoms. The van der Waals surface area contributed by atoms with E-state index < -0.39 is 36.4 Å². The molecule has 1 amide bonds. The summed E-state index contributed by atoms with van der Waals surface area (Å²) >= 11 is 0. The number of unbranched alkanes of at least 4 members (excludes halogenated alkanes) is 11. The number of carbonyl (C=O) groups is 1. The first-order chi connectivity index (χ1) is 23.8. The third-order valence-corrected chi connectivity index (χ3v) is 8.00. The van der Waals surface area contributed by atoms with Crippen molar-refractivity contribution in [3.8, 4) is 0 Å². The fraction of sp³-hybridized carbons (Fsp3) is 0.676. The lowest BCUT2D eigenvalue weighted by atomic mass is 10.1. The van der Waals surface area contributed by atoms with Crippen LogP contribution < -0.4 is 22.4 Å². The molecule has 2 fully saturated rings. The summed E-state index contributed by atoms with van der Waals surface area (Å²) in [6.07, 6.45) is 21.3. The average molecular weight is 691 g/mol. The lowest BCUT2D eigenvalue weighted by molar-refractivity contribution is -0.116. The van der Waals surface area contributed by atoms with Crippen LogP contribution in [0.3, 0.4) is 0 Å². The van der Waals surface area contributed by atoms with Gasteiger partial charge >= 0.3 is 11.4 Å². The van der Waals surface area contributed by atoms with Gasteiger partial charge in [-0.05, 0) is 44.2 Å². The van der Waals surface area contributed by atoms with Crippen molar-refractivity contribution < 1.29 is 34.0 Å². The van der Waals surface area contributed by atoms with Crippen LogP contribution in [0.2, 0.25) is 0 Å². The van der Waals surface area contributed by atoms with Gasteiger partial charge in [-0.2, -0.15) is 9.97 Å². The molecule has 2 aromatic heterocycles. The van der Waals surface area contributed by atoms with Gasteiger partial charge in [-0.15, -0.1) is 0 Å². The molecule has 0 saturated carbocycles. The Hall–Kier alpha value is -3.47. The van der Waals surface area contributed by atoms with Gasteiger partial charge in [0.05, 0.1) is 26.4 Å². The number of rotatable bonds is 20. The molecule has 0 unspecified atom stereocenters. The molecule has 2 aliphatic heterocycles. The van der Waals surface area contributed by atoms with Crippen molar-refractivity contribution in [2.75, 3.05) is 37.5 Å². The summed E-state index contributed by atoms with van der Waals surface area (Å²) in [6, 6.07) is 3.06. The number of ether oxygens (including phenoxy) is 4. The first-order valence-corrected chi connectivity index (χ1v) is 17.5. The summed E-state index contributed by atoms with van der Waals surface area (Å²) < 4.78 is 23.4. The first-order valence-electron chi connectivity index (χ1n) is 17.5. The van der Waals surface area contributed by atoms with E-state index in [-0.39, 0.29) is 44.0 Å². The molecule has 4 atom stereocenters. The van der Waals surface area contributed by atoms with Crippen LogP contribution in [0.4, 0.5) is 11.6 Å². The number of nitrogen functional groups attached to an aromatic ring is 1. The summed E-state index contributed by atoms with van der Waals surface area (Å²) in [5, 5.41) is 20.5. The van der Waals surface area contributed by atoms with Crippen LogP contribution in [0, 0.1) is 0 Å². The smallest absolute Gasteiger partial charge is 0.351 e. The average Bonchev–Trinajstić information content (AvgIpc) is 3.77. The Morgan fingerprint density at radius 2 is 1.33 bits per heavy atom. The van der Waals surface area contributed by atoms with E-state index >= 15 is 0 Å². The van der Waals surface area contributed by atoms with E-state index in [0.717, 1.165) is 25.7 Å². The number of nitrogens with two attached hydrogens (primary N) is 1. The van der Waals surface area contributed by atoms with E-state index in [1.807, 2.05) is 0 Å². The van der Waals surface area contributed by atoms with Gasteiger partial charge in [-0.25, -0.2) is 9.59 Å². The maximum atomic E-state index is 12.2. The number of nitrogens with zero attached hydrogens (tertiary/aromatic N) is 4. The zero-order chi connectivity index (χ0) is 35.3. The summed E-state index contributed by atoms with van der Waals surface area (Å²) in [4.78, 5) is 43.2. The van der Waals surface area contributed by atoms with Crippen LogP contribution in [0.25, 0.3) is 0 Å². The molecule has 49 heavy (non-hydrogen) atoms. The summed E-state index contributed by atoms with van der Waals surface area (Å²) in [6.45, 7) is 2.10. The van der Waals surface area contributed by atoms with Crippen LogP contribution in [0.15, 0.2) is 46.3 Å². The molecule has 2 aliphatic rings. The van der Waals surface area contributed by atoms with Crippen LogP contribution in [-0.4, -0.2) is 74.2 Å². The molecule has 2 saturated heterocycles. The number of aliphatic hydroxyl groups excluding tert-OH is 2. The number of amides is 1. The summed E-state index contributed by atoms with van der Waals surface area (Å²) in [5.74, 6) is 0.258. The van der Waals surface area contributed by atoms with Gasteiger partial charge in [0.25, 0.3) is 0 Å². The highest BCUT2D eigenvalue weighted by atomic mass is 16.7. The van der Waals surface area contributed by atoms with Gasteiger partial charge in [-0.1, -0.05) is 70.4 Å². The number of hydrogen-bond acceptors (Lipinski definition) is 12. The Kier molecular flexibility index (Phi) is 18.8. The number of carbonyl (C=O) groups excluding carboxylic acids is 1. The van der Waals surface area contributed by atoms with E-state index in [9.17, 15) is 14.4 Å². The van der Waals surface area contributed by atoms with Crippen molar-refractivity contribution >= 4 is 17.5 Å². The van der Waals surface area contributed by atoms with Crippen LogP contribution in [-0.2, 0) is 23.7 Å². The molecule has 0 aromatic carbocycles. The number of allylic oxidation sites excluding steroid dienone is 2. The predicted octanol–water partition coefficient (Wildman–Crippen LogP) is 3.77. The normalized spacial score (nSPS) is 20.4. The van der Waals surface area contributed by atoms with E-state index in [1.54, 1.807) is 6.07 Å². The van der Waals surface area contributed by atoms with Crippen molar-refractivity contribution in [1.82, 2.24) is 19.1 Å². The van der Waals surface area contributed by atoms with Gasteiger partial charge in [0.2, 0.25) is 5.91 Å². The number of nitrogens with one attached hydrogen (secondary N) is 1. The number of anilines is 2. The first kappa shape index (κ1) is 40.0. The van der Waals surface area contributed by atoms with Gasteiger partial charge in [-0.3, -0.25) is 13.9 Å². The lowest BCUT2D eigenvalue weighted by Gasteiger charge is -2.12. The minimum atomic E-state index is -0.734. The van der Waals surface area contributed by atoms with Crippen molar-refractivity contribution in [2.45, 2.75) is 122 Å². The van der Waals surface area contributed by atoms with Gasteiger partial charge in [0.15, 0.2) is 25.0 Å². The monoisotopic (exact) mass is 690 g/mol. The standard InChI is InChI=1S/C26H43N3O5.C8H11N3O4/c1-2-3-4-5-6-7-8-9-10-11-12-13-14-15-16-17-23(31)27-22-18-19-29(26(32)28-22)24-21-33-25(20-30)34-24;9-5-1-2-11(8(13)10-5)6-4-14-7(3-12)15-6/h9-10,18-19,24-25,30H,2-8,11-17,20-21H2,1H3,(H,27,28,31,32);1-2,6-7,12H,3-4H2,(H2,9,10,13)/b10-9+;/t24-,25-;6-,7-/m00/s1. The molecular weight excluding hydrogens is 636 g/mol.